The predicted molar refractivity (Wildman–Crippen MR) is 120 cm³/mol. The highest BCUT2D eigenvalue weighted by atomic mass is 16.2. The first-order valence-electron chi connectivity index (χ1n) is 10.5. The van der Waals surface area contributed by atoms with Crippen molar-refractivity contribution in [3.63, 3.8) is 0 Å². The Bertz CT molecular complexity index is 1000. The number of piperazine rings is 1. The number of carbonyl (C=O) groups is 2. The maximum Gasteiger partial charge on any atom is 0.270 e. The van der Waals surface area contributed by atoms with Gasteiger partial charge in [0.25, 0.3) is 5.91 Å². The highest BCUT2D eigenvalue weighted by molar-refractivity contribution is 6.40. The van der Waals surface area contributed by atoms with Crippen LogP contribution in [0.4, 0.5) is 11.4 Å². The molecule has 0 bridgehead atoms. The molecule has 6 nitrogen and oxygen atoms in total. The number of hydrogen-bond acceptors (Lipinski definition) is 4. The van der Waals surface area contributed by atoms with Crippen LogP contribution in [-0.4, -0.2) is 48.1 Å². The Morgan fingerprint density at radius 3 is 2.30 bits per heavy atom. The molecular weight excluding hydrogens is 376 g/mol. The molecular formula is C24H28N4O2. The molecule has 0 saturated carbocycles. The van der Waals surface area contributed by atoms with Crippen LogP contribution >= 0.6 is 0 Å². The highest BCUT2D eigenvalue weighted by Gasteiger charge is 2.32. The third-order valence-electron chi connectivity index (χ3n) is 5.77. The maximum absolute atomic E-state index is 13.2. The van der Waals surface area contributed by atoms with Crippen LogP contribution < -0.4 is 9.91 Å². The quantitative estimate of drug-likeness (QED) is 0.787. The molecule has 1 saturated heterocycles. The van der Waals surface area contributed by atoms with E-state index in [9.17, 15) is 9.59 Å². The van der Waals surface area contributed by atoms with E-state index in [0.29, 0.717) is 37.3 Å². The Balaban J connectivity index is 1.49. The van der Waals surface area contributed by atoms with Gasteiger partial charge in [-0.1, -0.05) is 24.3 Å². The van der Waals surface area contributed by atoms with E-state index in [1.807, 2.05) is 36.1 Å². The summed E-state index contributed by atoms with van der Waals surface area (Å²) in [5, 5.41) is 5.84. The van der Waals surface area contributed by atoms with Gasteiger partial charge in [-0.25, -0.2) is 5.01 Å². The molecule has 0 N–H and O–H groups in total. The van der Waals surface area contributed by atoms with E-state index in [1.165, 1.54) is 16.3 Å². The number of hydrogen-bond donors (Lipinski definition) is 0. The van der Waals surface area contributed by atoms with Crippen LogP contribution in [-0.2, 0) is 9.59 Å². The second-order valence-corrected chi connectivity index (χ2v) is 8.22. The number of anilines is 2. The van der Waals surface area contributed by atoms with Gasteiger partial charge in [-0.2, -0.15) is 5.10 Å². The van der Waals surface area contributed by atoms with E-state index in [2.05, 4.69) is 48.1 Å². The minimum atomic E-state index is -0.0743. The molecule has 0 aliphatic carbocycles. The lowest BCUT2D eigenvalue weighted by atomic mass is 10.1. The first kappa shape index (κ1) is 20.1. The van der Waals surface area contributed by atoms with Crippen molar-refractivity contribution in [3.05, 3.63) is 59.7 Å². The van der Waals surface area contributed by atoms with Crippen LogP contribution in [0, 0.1) is 13.8 Å². The van der Waals surface area contributed by atoms with Crippen molar-refractivity contribution < 1.29 is 9.59 Å². The lowest BCUT2D eigenvalue weighted by Gasteiger charge is -2.41. The Labute approximate surface area is 177 Å². The molecule has 30 heavy (non-hydrogen) atoms. The van der Waals surface area contributed by atoms with Gasteiger partial charge < -0.3 is 9.80 Å². The minimum absolute atomic E-state index is 0.0594. The van der Waals surface area contributed by atoms with Gasteiger partial charge in [0.05, 0.1) is 5.69 Å². The number of benzene rings is 2. The standard InChI is InChI=1S/C24H28N4O2/c1-17-6-4-8-20(14-17)27-13-12-26(16-19(27)3)24(30)22-10-11-23(29)28(25-22)21-9-5-7-18(2)15-21/h4-9,14-15,19H,10-13,16H2,1-3H3. The first-order valence-corrected chi connectivity index (χ1v) is 10.5. The van der Waals surface area contributed by atoms with Gasteiger partial charge in [0.2, 0.25) is 5.91 Å². The number of nitrogens with zero attached hydrogens (tertiary/aromatic N) is 4. The van der Waals surface area contributed by atoms with Gasteiger partial charge in [-0.3, -0.25) is 9.59 Å². The van der Waals surface area contributed by atoms with E-state index in [1.54, 1.807) is 0 Å². The van der Waals surface area contributed by atoms with Crippen LogP contribution in [0.3, 0.4) is 0 Å². The average molecular weight is 405 g/mol. The van der Waals surface area contributed by atoms with Crippen molar-refractivity contribution in [1.29, 1.82) is 0 Å². The second-order valence-electron chi connectivity index (χ2n) is 8.22. The SMILES string of the molecule is Cc1cccc(N2N=C(C(=O)N3CCN(c4cccc(C)c4)C(C)C3)CCC2=O)c1. The van der Waals surface area contributed by atoms with Crippen LogP contribution in [0.5, 0.6) is 0 Å². The molecule has 1 unspecified atom stereocenters. The van der Waals surface area contributed by atoms with E-state index in [0.717, 1.165) is 12.1 Å². The van der Waals surface area contributed by atoms with Crippen molar-refractivity contribution in [2.24, 2.45) is 5.10 Å². The Kier molecular flexibility index (Phi) is 5.57. The minimum Gasteiger partial charge on any atom is -0.365 e. The normalized spacial score (nSPS) is 19.7. The smallest absolute Gasteiger partial charge is 0.270 e. The summed E-state index contributed by atoms with van der Waals surface area (Å²) in [7, 11) is 0. The number of amides is 2. The summed E-state index contributed by atoms with van der Waals surface area (Å²) in [4.78, 5) is 29.8. The molecule has 2 heterocycles. The molecule has 6 heteroatoms. The third-order valence-corrected chi connectivity index (χ3v) is 5.77. The summed E-state index contributed by atoms with van der Waals surface area (Å²) in [6, 6.07) is 16.3. The van der Waals surface area contributed by atoms with Crippen LogP contribution in [0.2, 0.25) is 0 Å². The van der Waals surface area contributed by atoms with E-state index in [-0.39, 0.29) is 17.9 Å². The molecule has 0 radical (unpaired) electrons. The predicted octanol–water partition coefficient (Wildman–Crippen LogP) is 3.52. The summed E-state index contributed by atoms with van der Waals surface area (Å²) in [5.74, 6) is -0.134. The lowest BCUT2D eigenvalue weighted by Crippen LogP contribution is -2.55. The summed E-state index contributed by atoms with van der Waals surface area (Å²) >= 11 is 0. The van der Waals surface area contributed by atoms with Crippen molar-refractivity contribution in [2.45, 2.75) is 39.7 Å². The summed E-state index contributed by atoms with van der Waals surface area (Å²) in [6.07, 6.45) is 0.698. The molecule has 2 aromatic rings. The fourth-order valence-electron chi connectivity index (χ4n) is 4.18. The van der Waals surface area contributed by atoms with Gasteiger partial charge in [0.1, 0.15) is 5.71 Å². The van der Waals surface area contributed by atoms with Gasteiger partial charge >= 0.3 is 0 Å². The maximum atomic E-state index is 13.2. The molecule has 4 rings (SSSR count). The van der Waals surface area contributed by atoms with Crippen LogP contribution in [0.1, 0.15) is 30.9 Å². The van der Waals surface area contributed by atoms with Gasteiger partial charge in [-0.15, -0.1) is 0 Å². The molecule has 2 aliphatic rings. The molecule has 156 valence electrons. The fourth-order valence-corrected chi connectivity index (χ4v) is 4.18. The molecule has 1 fully saturated rings. The molecule has 0 spiro atoms. The largest absolute Gasteiger partial charge is 0.365 e. The van der Waals surface area contributed by atoms with Gasteiger partial charge in [-0.05, 0) is 56.2 Å². The molecule has 0 aromatic heterocycles. The average Bonchev–Trinajstić information content (AvgIpc) is 2.73. The van der Waals surface area contributed by atoms with Crippen molar-refractivity contribution in [1.82, 2.24) is 4.90 Å². The Morgan fingerprint density at radius 1 is 0.967 bits per heavy atom. The van der Waals surface area contributed by atoms with E-state index < -0.39 is 0 Å². The zero-order valence-electron chi connectivity index (χ0n) is 17.8. The number of aryl methyl sites for hydroxylation is 2. The topological polar surface area (TPSA) is 56.2 Å². The van der Waals surface area contributed by atoms with Crippen LogP contribution in [0.25, 0.3) is 0 Å². The van der Waals surface area contributed by atoms with Crippen molar-refractivity contribution in [2.75, 3.05) is 29.5 Å². The van der Waals surface area contributed by atoms with Crippen molar-refractivity contribution >= 4 is 28.9 Å². The second kappa shape index (κ2) is 8.30. The fraction of sp³-hybridized carbons (Fsp3) is 0.375. The van der Waals surface area contributed by atoms with Gasteiger partial charge in [0.15, 0.2) is 0 Å². The molecule has 2 aliphatic heterocycles. The molecule has 2 aromatic carbocycles. The first-order chi connectivity index (χ1) is 14.4. The zero-order chi connectivity index (χ0) is 21.3. The summed E-state index contributed by atoms with van der Waals surface area (Å²) in [5.41, 5.74) is 4.65. The highest BCUT2D eigenvalue weighted by Crippen LogP contribution is 2.24. The van der Waals surface area contributed by atoms with Gasteiger partial charge in [0, 0.05) is 44.2 Å². The van der Waals surface area contributed by atoms with Crippen molar-refractivity contribution in [3.8, 4) is 0 Å². The Hall–Kier alpha value is -3.15. The number of rotatable bonds is 3. The summed E-state index contributed by atoms with van der Waals surface area (Å²) < 4.78 is 0. The molecule has 1 atom stereocenters. The molecule has 2 amide bonds. The number of carbonyl (C=O) groups excluding carboxylic acids is 2. The lowest BCUT2D eigenvalue weighted by molar-refractivity contribution is -0.125. The zero-order valence-corrected chi connectivity index (χ0v) is 17.8. The van der Waals surface area contributed by atoms with E-state index >= 15 is 0 Å². The third kappa shape index (κ3) is 4.08. The summed E-state index contributed by atoms with van der Waals surface area (Å²) in [6.45, 7) is 8.29. The van der Waals surface area contributed by atoms with E-state index in [4.69, 9.17) is 0 Å². The monoisotopic (exact) mass is 404 g/mol. The number of hydrazone groups is 1. The Morgan fingerprint density at radius 2 is 1.63 bits per heavy atom. The van der Waals surface area contributed by atoms with Crippen LogP contribution in [0.15, 0.2) is 53.6 Å².